The Kier molecular flexibility index (Phi) is 7.29. The van der Waals surface area contributed by atoms with Crippen LogP contribution in [0.4, 0.5) is 0 Å². The molecule has 0 aliphatic heterocycles. The van der Waals surface area contributed by atoms with Crippen LogP contribution >= 0.6 is 12.4 Å². The highest BCUT2D eigenvalue weighted by Gasteiger charge is 2.09. The van der Waals surface area contributed by atoms with Gasteiger partial charge in [0, 0.05) is 6.54 Å². The van der Waals surface area contributed by atoms with E-state index in [1.165, 1.54) is 11.1 Å². The van der Waals surface area contributed by atoms with E-state index in [1.807, 2.05) is 25.2 Å². The molecule has 0 saturated carbocycles. The standard InChI is InChI=1S/C20H25N3O.ClH/c1-16-9-11-17(12-10-16)24-14-6-5-13-23-19-8-4-3-7-18(19)22-20(23)15-21-2;/h3-4,7-12,21H,5-6,13-15H2,1-2H3;1H. The highest BCUT2D eigenvalue weighted by atomic mass is 35.5. The molecule has 3 aromatic rings. The zero-order valence-electron chi connectivity index (χ0n) is 14.9. The van der Waals surface area contributed by atoms with Gasteiger partial charge in [-0.15, -0.1) is 12.4 Å². The van der Waals surface area contributed by atoms with Crippen LogP contribution < -0.4 is 10.1 Å². The summed E-state index contributed by atoms with van der Waals surface area (Å²) in [6.07, 6.45) is 2.10. The molecule has 4 nitrogen and oxygen atoms in total. The van der Waals surface area contributed by atoms with Crippen molar-refractivity contribution in [3.05, 3.63) is 59.9 Å². The van der Waals surface area contributed by atoms with Crippen molar-refractivity contribution < 1.29 is 4.74 Å². The Labute approximate surface area is 155 Å². The van der Waals surface area contributed by atoms with Crippen LogP contribution in [0.5, 0.6) is 5.75 Å². The summed E-state index contributed by atoms with van der Waals surface area (Å²) >= 11 is 0. The summed E-state index contributed by atoms with van der Waals surface area (Å²) in [5.74, 6) is 2.04. The van der Waals surface area contributed by atoms with Gasteiger partial charge in [-0.05, 0) is 51.1 Å². The third-order valence-corrected chi connectivity index (χ3v) is 4.13. The molecule has 0 aliphatic rings. The van der Waals surface area contributed by atoms with Gasteiger partial charge in [0.1, 0.15) is 11.6 Å². The molecule has 5 heteroatoms. The first kappa shape index (κ1) is 19.3. The number of hydrogen-bond acceptors (Lipinski definition) is 3. The van der Waals surface area contributed by atoms with E-state index in [9.17, 15) is 0 Å². The fraction of sp³-hybridized carbons (Fsp3) is 0.350. The second-order valence-electron chi connectivity index (χ2n) is 6.07. The van der Waals surface area contributed by atoms with Crippen LogP contribution in [0.25, 0.3) is 11.0 Å². The molecular formula is C20H26ClN3O. The summed E-state index contributed by atoms with van der Waals surface area (Å²) in [6.45, 7) is 4.59. The number of rotatable bonds is 8. The maximum absolute atomic E-state index is 5.81. The zero-order valence-corrected chi connectivity index (χ0v) is 15.7. The predicted molar refractivity (Wildman–Crippen MR) is 106 cm³/mol. The first-order valence-corrected chi connectivity index (χ1v) is 8.56. The van der Waals surface area contributed by atoms with E-state index in [1.54, 1.807) is 0 Å². The molecule has 25 heavy (non-hydrogen) atoms. The van der Waals surface area contributed by atoms with Crippen molar-refractivity contribution in [2.75, 3.05) is 13.7 Å². The largest absolute Gasteiger partial charge is 0.494 e. The Hall–Kier alpha value is -2.04. The van der Waals surface area contributed by atoms with Crippen molar-refractivity contribution in [3.63, 3.8) is 0 Å². The Morgan fingerprint density at radius 1 is 1.04 bits per heavy atom. The first-order valence-electron chi connectivity index (χ1n) is 8.56. The molecule has 2 aromatic carbocycles. The minimum absolute atomic E-state index is 0. The number of unbranched alkanes of at least 4 members (excludes halogenated alkanes) is 1. The second-order valence-corrected chi connectivity index (χ2v) is 6.07. The van der Waals surface area contributed by atoms with E-state index in [0.717, 1.165) is 49.6 Å². The highest BCUT2D eigenvalue weighted by molar-refractivity contribution is 5.85. The summed E-state index contributed by atoms with van der Waals surface area (Å²) in [7, 11) is 1.96. The Balaban J connectivity index is 0.00000225. The molecule has 0 aliphatic carbocycles. The number of halogens is 1. The number of benzene rings is 2. The summed E-state index contributed by atoms with van der Waals surface area (Å²) in [5, 5.41) is 3.20. The van der Waals surface area contributed by atoms with Crippen molar-refractivity contribution >= 4 is 23.4 Å². The SMILES string of the molecule is CNCc1nc2ccccc2n1CCCCOc1ccc(C)cc1.Cl. The molecule has 0 saturated heterocycles. The number of fused-ring (bicyclic) bond motifs is 1. The van der Waals surface area contributed by atoms with Gasteiger partial charge in [0.2, 0.25) is 0 Å². The number of nitrogens with one attached hydrogen (secondary N) is 1. The van der Waals surface area contributed by atoms with E-state index < -0.39 is 0 Å². The molecule has 0 unspecified atom stereocenters. The molecule has 0 fully saturated rings. The number of ether oxygens (including phenoxy) is 1. The van der Waals surface area contributed by atoms with Crippen LogP contribution in [-0.4, -0.2) is 23.2 Å². The van der Waals surface area contributed by atoms with Gasteiger partial charge < -0.3 is 14.6 Å². The lowest BCUT2D eigenvalue weighted by Gasteiger charge is -2.10. The number of aryl methyl sites for hydroxylation is 2. The van der Waals surface area contributed by atoms with E-state index >= 15 is 0 Å². The van der Waals surface area contributed by atoms with Gasteiger partial charge in [0.25, 0.3) is 0 Å². The van der Waals surface area contributed by atoms with Gasteiger partial charge in [-0.2, -0.15) is 0 Å². The number of imidazole rings is 1. The Morgan fingerprint density at radius 2 is 1.80 bits per heavy atom. The fourth-order valence-electron chi connectivity index (χ4n) is 2.86. The predicted octanol–water partition coefficient (Wildman–Crippen LogP) is 4.35. The number of aromatic nitrogens is 2. The lowest BCUT2D eigenvalue weighted by atomic mass is 10.2. The van der Waals surface area contributed by atoms with Gasteiger partial charge in [0.05, 0.1) is 24.2 Å². The van der Waals surface area contributed by atoms with E-state index in [2.05, 4.69) is 47.1 Å². The van der Waals surface area contributed by atoms with Crippen molar-refractivity contribution in [2.24, 2.45) is 0 Å². The summed E-state index contributed by atoms with van der Waals surface area (Å²) in [4.78, 5) is 4.73. The second kappa shape index (κ2) is 9.44. The van der Waals surface area contributed by atoms with Gasteiger partial charge in [-0.3, -0.25) is 0 Å². The van der Waals surface area contributed by atoms with Gasteiger partial charge >= 0.3 is 0 Å². The molecule has 1 N–H and O–H groups in total. The van der Waals surface area contributed by atoms with Gasteiger partial charge in [-0.1, -0.05) is 29.8 Å². The van der Waals surface area contributed by atoms with E-state index in [0.29, 0.717) is 0 Å². The van der Waals surface area contributed by atoms with Crippen molar-refractivity contribution in [3.8, 4) is 5.75 Å². The molecule has 134 valence electrons. The van der Waals surface area contributed by atoms with Crippen molar-refractivity contribution in [1.29, 1.82) is 0 Å². The average molecular weight is 360 g/mol. The van der Waals surface area contributed by atoms with Gasteiger partial charge in [-0.25, -0.2) is 4.98 Å². The molecule has 0 spiro atoms. The molecule has 3 rings (SSSR count). The number of hydrogen-bond donors (Lipinski definition) is 1. The van der Waals surface area contributed by atoms with Crippen molar-refractivity contribution in [1.82, 2.24) is 14.9 Å². The topological polar surface area (TPSA) is 39.1 Å². The maximum Gasteiger partial charge on any atom is 0.123 e. The number of para-hydroxylation sites is 2. The van der Waals surface area contributed by atoms with Crippen LogP contribution in [0.2, 0.25) is 0 Å². The smallest absolute Gasteiger partial charge is 0.123 e. The lowest BCUT2D eigenvalue weighted by Crippen LogP contribution is -2.13. The first-order chi connectivity index (χ1) is 11.8. The lowest BCUT2D eigenvalue weighted by molar-refractivity contribution is 0.303. The Bertz CT molecular complexity index is 783. The highest BCUT2D eigenvalue weighted by Crippen LogP contribution is 2.17. The van der Waals surface area contributed by atoms with E-state index in [-0.39, 0.29) is 12.4 Å². The summed E-state index contributed by atoms with van der Waals surface area (Å²) in [6, 6.07) is 16.6. The van der Waals surface area contributed by atoms with E-state index in [4.69, 9.17) is 9.72 Å². The quantitative estimate of drug-likeness (QED) is 0.608. The Morgan fingerprint density at radius 3 is 2.56 bits per heavy atom. The van der Waals surface area contributed by atoms with Crippen molar-refractivity contribution in [2.45, 2.75) is 32.9 Å². The van der Waals surface area contributed by atoms with Crippen LogP contribution in [0.1, 0.15) is 24.2 Å². The summed E-state index contributed by atoms with van der Waals surface area (Å²) in [5.41, 5.74) is 3.53. The molecule has 0 amide bonds. The molecule has 0 bridgehead atoms. The summed E-state index contributed by atoms with van der Waals surface area (Å²) < 4.78 is 8.13. The monoisotopic (exact) mass is 359 g/mol. The normalized spacial score (nSPS) is 10.6. The third-order valence-electron chi connectivity index (χ3n) is 4.13. The van der Waals surface area contributed by atoms with Crippen LogP contribution in [0.3, 0.4) is 0 Å². The molecule has 0 radical (unpaired) electrons. The van der Waals surface area contributed by atoms with Crippen LogP contribution in [0.15, 0.2) is 48.5 Å². The molecule has 0 atom stereocenters. The molecule has 1 aromatic heterocycles. The minimum Gasteiger partial charge on any atom is -0.494 e. The average Bonchev–Trinajstić information content (AvgIpc) is 2.94. The number of nitrogens with zero attached hydrogens (tertiary/aromatic N) is 2. The maximum atomic E-state index is 5.81. The molecular weight excluding hydrogens is 334 g/mol. The minimum atomic E-state index is 0. The zero-order chi connectivity index (χ0) is 16.8. The molecule has 1 heterocycles. The van der Waals surface area contributed by atoms with Gasteiger partial charge in [0.15, 0.2) is 0 Å². The third kappa shape index (κ3) is 4.97. The fourth-order valence-corrected chi connectivity index (χ4v) is 2.86. The van der Waals surface area contributed by atoms with Crippen LogP contribution in [-0.2, 0) is 13.1 Å². The van der Waals surface area contributed by atoms with Crippen LogP contribution in [0, 0.1) is 6.92 Å².